The lowest BCUT2D eigenvalue weighted by molar-refractivity contribution is 0.102. The predicted molar refractivity (Wildman–Crippen MR) is 60.1 cm³/mol. The number of nitrogens with zero attached hydrogens (tertiary/aromatic N) is 5. The zero-order valence-corrected chi connectivity index (χ0v) is 10.7. The van der Waals surface area contributed by atoms with Gasteiger partial charge in [0, 0.05) is 19.8 Å². The van der Waals surface area contributed by atoms with Crippen LogP contribution in [-0.2, 0) is 14.1 Å². The Hall–Kier alpha value is -1.50. The first-order chi connectivity index (χ1) is 7.52. The summed E-state index contributed by atoms with van der Waals surface area (Å²) >= 11 is 3.20. The molecule has 0 fully saturated rings. The predicted octanol–water partition coefficient (Wildman–Crippen LogP) is 0.851. The molecule has 0 radical (unpaired) electrons. The number of carbonyl (C=O) groups is 1. The van der Waals surface area contributed by atoms with E-state index in [9.17, 15) is 4.79 Å². The molecule has 0 saturated heterocycles. The topological polar surface area (TPSA) is 65.6 Å². The SMILES string of the molecule is Cc1c(C(=O)c2c(Br)nnn2C)cnn1C. The lowest BCUT2D eigenvalue weighted by atomic mass is 10.1. The normalized spacial score (nSPS) is 10.8. The molecule has 0 aliphatic heterocycles. The highest BCUT2D eigenvalue weighted by Crippen LogP contribution is 2.18. The van der Waals surface area contributed by atoms with Crippen molar-refractivity contribution in [3.8, 4) is 0 Å². The highest BCUT2D eigenvalue weighted by molar-refractivity contribution is 9.10. The lowest BCUT2D eigenvalue weighted by Gasteiger charge is -2.00. The van der Waals surface area contributed by atoms with Crippen molar-refractivity contribution >= 4 is 21.7 Å². The number of halogens is 1. The Kier molecular flexibility index (Phi) is 2.63. The summed E-state index contributed by atoms with van der Waals surface area (Å²) in [6, 6.07) is 0. The van der Waals surface area contributed by atoms with Gasteiger partial charge in [-0.05, 0) is 22.9 Å². The van der Waals surface area contributed by atoms with Crippen LogP contribution in [-0.4, -0.2) is 30.6 Å². The molecule has 0 atom stereocenters. The second-order valence-corrected chi connectivity index (χ2v) is 4.20. The van der Waals surface area contributed by atoms with Gasteiger partial charge < -0.3 is 0 Å². The van der Waals surface area contributed by atoms with Crippen LogP contribution in [0.3, 0.4) is 0 Å². The van der Waals surface area contributed by atoms with Gasteiger partial charge in [0.2, 0.25) is 5.78 Å². The first-order valence-corrected chi connectivity index (χ1v) is 5.40. The molecule has 84 valence electrons. The Morgan fingerprint density at radius 2 is 2.06 bits per heavy atom. The summed E-state index contributed by atoms with van der Waals surface area (Å²) < 4.78 is 3.55. The lowest BCUT2D eigenvalue weighted by Crippen LogP contribution is -2.10. The van der Waals surface area contributed by atoms with Crippen molar-refractivity contribution in [1.29, 1.82) is 0 Å². The molecular formula is C9H10BrN5O. The third-order valence-electron chi connectivity index (χ3n) is 2.48. The van der Waals surface area contributed by atoms with Crippen LogP contribution in [0.5, 0.6) is 0 Å². The zero-order chi connectivity index (χ0) is 11.9. The molecule has 2 aromatic rings. The first-order valence-electron chi connectivity index (χ1n) is 4.61. The third kappa shape index (κ3) is 1.57. The summed E-state index contributed by atoms with van der Waals surface area (Å²) in [5.41, 5.74) is 1.81. The van der Waals surface area contributed by atoms with Gasteiger partial charge in [-0.2, -0.15) is 5.10 Å². The van der Waals surface area contributed by atoms with Crippen LogP contribution in [0.15, 0.2) is 10.8 Å². The van der Waals surface area contributed by atoms with Crippen LogP contribution in [0.1, 0.15) is 21.7 Å². The number of aromatic nitrogens is 5. The summed E-state index contributed by atoms with van der Waals surface area (Å²) in [6.07, 6.45) is 1.55. The van der Waals surface area contributed by atoms with E-state index in [4.69, 9.17) is 0 Å². The van der Waals surface area contributed by atoms with Gasteiger partial charge in [-0.15, -0.1) is 5.10 Å². The fourth-order valence-corrected chi connectivity index (χ4v) is 1.93. The Bertz CT molecular complexity index is 537. The van der Waals surface area contributed by atoms with Gasteiger partial charge in [0.25, 0.3) is 0 Å². The van der Waals surface area contributed by atoms with Crippen molar-refractivity contribution in [2.24, 2.45) is 14.1 Å². The smallest absolute Gasteiger partial charge is 0.217 e. The van der Waals surface area contributed by atoms with E-state index in [0.29, 0.717) is 15.9 Å². The average Bonchev–Trinajstić information content (AvgIpc) is 2.73. The van der Waals surface area contributed by atoms with Crippen LogP contribution in [0.25, 0.3) is 0 Å². The van der Waals surface area contributed by atoms with E-state index in [1.165, 1.54) is 4.68 Å². The fourth-order valence-electron chi connectivity index (χ4n) is 1.42. The Balaban J connectivity index is 2.51. The summed E-state index contributed by atoms with van der Waals surface area (Å²) in [7, 11) is 3.47. The third-order valence-corrected chi connectivity index (χ3v) is 3.01. The van der Waals surface area contributed by atoms with E-state index in [1.807, 2.05) is 6.92 Å². The monoisotopic (exact) mass is 283 g/mol. The van der Waals surface area contributed by atoms with Gasteiger partial charge in [0.1, 0.15) is 5.69 Å². The molecule has 0 saturated carbocycles. The molecular weight excluding hydrogens is 274 g/mol. The maximum Gasteiger partial charge on any atom is 0.217 e. The van der Waals surface area contributed by atoms with Gasteiger partial charge in [0.05, 0.1) is 11.8 Å². The molecule has 0 aliphatic rings. The maximum absolute atomic E-state index is 12.2. The minimum Gasteiger partial charge on any atom is -0.287 e. The van der Waals surface area contributed by atoms with Gasteiger partial charge in [-0.3, -0.25) is 9.48 Å². The molecule has 0 aliphatic carbocycles. The summed E-state index contributed by atoms with van der Waals surface area (Å²) in [4.78, 5) is 12.2. The van der Waals surface area contributed by atoms with E-state index in [1.54, 1.807) is 25.0 Å². The first kappa shape index (κ1) is 11.0. The van der Waals surface area contributed by atoms with Crippen LogP contribution in [0.2, 0.25) is 0 Å². The number of ketones is 1. The molecule has 0 unspecified atom stereocenters. The molecule has 7 heteroatoms. The van der Waals surface area contributed by atoms with E-state index in [0.717, 1.165) is 5.69 Å². The van der Waals surface area contributed by atoms with E-state index >= 15 is 0 Å². The summed E-state index contributed by atoms with van der Waals surface area (Å²) in [6.45, 7) is 1.85. The number of hydrogen-bond acceptors (Lipinski definition) is 4. The van der Waals surface area contributed by atoms with Gasteiger partial charge >= 0.3 is 0 Å². The molecule has 6 nitrogen and oxygen atoms in total. The Morgan fingerprint density at radius 3 is 2.50 bits per heavy atom. The van der Waals surface area contributed by atoms with Gasteiger partial charge in [-0.1, -0.05) is 5.21 Å². The van der Waals surface area contributed by atoms with Crippen LogP contribution in [0.4, 0.5) is 0 Å². The molecule has 2 aromatic heterocycles. The largest absolute Gasteiger partial charge is 0.287 e. The molecule has 0 bridgehead atoms. The number of aryl methyl sites for hydroxylation is 2. The average molecular weight is 284 g/mol. The van der Waals surface area contributed by atoms with Gasteiger partial charge in [0.15, 0.2) is 4.60 Å². The molecule has 0 aromatic carbocycles. The second-order valence-electron chi connectivity index (χ2n) is 3.45. The van der Waals surface area contributed by atoms with E-state index in [2.05, 4.69) is 31.3 Å². The number of hydrogen-bond donors (Lipinski definition) is 0. The van der Waals surface area contributed by atoms with Crippen LogP contribution in [0, 0.1) is 6.92 Å². The van der Waals surface area contributed by atoms with Crippen molar-refractivity contribution in [2.45, 2.75) is 6.92 Å². The van der Waals surface area contributed by atoms with Crippen LogP contribution >= 0.6 is 15.9 Å². The summed E-state index contributed by atoms with van der Waals surface area (Å²) in [5.74, 6) is -0.134. The van der Waals surface area contributed by atoms with Crippen molar-refractivity contribution in [1.82, 2.24) is 24.8 Å². The minimum absolute atomic E-state index is 0.134. The molecule has 0 N–H and O–H groups in total. The second kappa shape index (κ2) is 3.82. The minimum atomic E-state index is -0.134. The highest BCUT2D eigenvalue weighted by atomic mass is 79.9. The van der Waals surface area contributed by atoms with Crippen LogP contribution < -0.4 is 0 Å². The fraction of sp³-hybridized carbons (Fsp3) is 0.333. The van der Waals surface area contributed by atoms with Crippen molar-refractivity contribution in [3.63, 3.8) is 0 Å². The highest BCUT2D eigenvalue weighted by Gasteiger charge is 2.21. The molecule has 16 heavy (non-hydrogen) atoms. The number of rotatable bonds is 2. The molecule has 2 rings (SSSR count). The van der Waals surface area contributed by atoms with E-state index in [-0.39, 0.29) is 5.78 Å². The van der Waals surface area contributed by atoms with Gasteiger partial charge in [-0.25, -0.2) is 4.68 Å². The number of carbonyl (C=O) groups excluding carboxylic acids is 1. The van der Waals surface area contributed by atoms with Crippen molar-refractivity contribution < 1.29 is 4.79 Å². The van der Waals surface area contributed by atoms with Crippen molar-refractivity contribution in [2.75, 3.05) is 0 Å². The summed E-state index contributed by atoms with van der Waals surface area (Å²) in [5, 5.41) is 11.6. The molecule has 2 heterocycles. The quantitative estimate of drug-likeness (QED) is 0.767. The Morgan fingerprint density at radius 1 is 1.38 bits per heavy atom. The molecule has 0 spiro atoms. The molecule has 0 amide bonds. The maximum atomic E-state index is 12.2. The Labute approximate surface area is 100 Å². The standard InChI is InChI=1S/C9H10BrN5O/c1-5-6(4-11-14(5)2)8(16)7-9(10)12-13-15(7)3/h4H,1-3H3. The zero-order valence-electron chi connectivity index (χ0n) is 9.10. The van der Waals surface area contributed by atoms with E-state index < -0.39 is 0 Å². The van der Waals surface area contributed by atoms with Crippen molar-refractivity contribution in [3.05, 3.63) is 27.8 Å².